The number of aryl methyl sites for hydroxylation is 2. The van der Waals surface area contributed by atoms with Crippen LogP contribution < -0.4 is 10.5 Å². The molecule has 0 spiro atoms. The summed E-state index contributed by atoms with van der Waals surface area (Å²) in [6.07, 6.45) is 0.983. The zero-order valence-corrected chi connectivity index (χ0v) is 10.8. The molecule has 2 heteroatoms. The summed E-state index contributed by atoms with van der Waals surface area (Å²) >= 11 is 0. The second-order valence-corrected chi connectivity index (χ2v) is 5.21. The van der Waals surface area contributed by atoms with Crippen molar-refractivity contribution in [3.63, 3.8) is 0 Å². The lowest BCUT2D eigenvalue weighted by atomic mass is 9.90. The Morgan fingerprint density at radius 1 is 1.19 bits per heavy atom. The lowest BCUT2D eigenvalue weighted by Crippen LogP contribution is -2.25. The zero-order valence-electron chi connectivity index (χ0n) is 10.8. The first-order valence-electron chi connectivity index (χ1n) is 5.85. The molecule has 0 amide bonds. The van der Waals surface area contributed by atoms with Gasteiger partial charge in [0.15, 0.2) is 0 Å². The van der Waals surface area contributed by atoms with Crippen LogP contribution in [0.2, 0.25) is 0 Å². The zero-order chi connectivity index (χ0) is 12.2. The first kappa shape index (κ1) is 13.0. The van der Waals surface area contributed by atoms with E-state index in [2.05, 4.69) is 39.8 Å². The first-order valence-corrected chi connectivity index (χ1v) is 5.85. The maximum atomic E-state index is 5.72. The molecule has 0 aliphatic carbocycles. The number of ether oxygens (including phenoxy) is 1. The van der Waals surface area contributed by atoms with Gasteiger partial charge in [0.2, 0.25) is 0 Å². The highest BCUT2D eigenvalue weighted by molar-refractivity contribution is 5.33. The lowest BCUT2D eigenvalue weighted by molar-refractivity contribution is 0.233. The second kappa shape index (κ2) is 5.35. The monoisotopic (exact) mass is 221 g/mol. The molecule has 16 heavy (non-hydrogen) atoms. The lowest BCUT2D eigenvalue weighted by Gasteiger charge is -2.22. The van der Waals surface area contributed by atoms with E-state index < -0.39 is 0 Å². The predicted octanol–water partition coefficient (Wildman–Crippen LogP) is 3.06. The van der Waals surface area contributed by atoms with Gasteiger partial charge in [0.25, 0.3) is 0 Å². The third-order valence-electron chi connectivity index (χ3n) is 3.08. The second-order valence-electron chi connectivity index (χ2n) is 5.21. The smallest absolute Gasteiger partial charge is 0.119 e. The minimum atomic E-state index is 0.166. The number of nitrogens with two attached hydrogens (primary N) is 1. The van der Waals surface area contributed by atoms with Gasteiger partial charge in [0, 0.05) is 0 Å². The highest BCUT2D eigenvalue weighted by Gasteiger charge is 2.15. The average Bonchev–Trinajstić information content (AvgIpc) is 2.23. The summed E-state index contributed by atoms with van der Waals surface area (Å²) in [6, 6.07) is 6.21. The number of benzene rings is 1. The Labute approximate surface area is 98.8 Å². The Kier molecular flexibility index (Phi) is 4.36. The molecule has 1 aromatic carbocycles. The molecule has 0 aliphatic rings. The minimum Gasteiger partial charge on any atom is -0.494 e. The van der Waals surface area contributed by atoms with Gasteiger partial charge in [-0.1, -0.05) is 19.9 Å². The van der Waals surface area contributed by atoms with Crippen LogP contribution in [0.3, 0.4) is 0 Å². The standard InChI is InChI=1S/C14H23NO/c1-11-5-6-13(9-12(11)2)16-8-7-14(3,4)10-15/h5-6,9H,7-8,10,15H2,1-4H3. The molecule has 0 saturated carbocycles. The van der Waals surface area contributed by atoms with Gasteiger partial charge < -0.3 is 10.5 Å². The van der Waals surface area contributed by atoms with Gasteiger partial charge in [-0.05, 0) is 55.5 Å². The number of hydrogen-bond donors (Lipinski definition) is 1. The van der Waals surface area contributed by atoms with Gasteiger partial charge in [-0.2, -0.15) is 0 Å². The van der Waals surface area contributed by atoms with Crippen LogP contribution in [-0.2, 0) is 0 Å². The first-order chi connectivity index (χ1) is 7.44. The van der Waals surface area contributed by atoms with Crippen LogP contribution in [0.1, 0.15) is 31.4 Å². The SMILES string of the molecule is Cc1ccc(OCCC(C)(C)CN)cc1C. The summed E-state index contributed by atoms with van der Waals surface area (Å²) in [5.74, 6) is 0.955. The number of rotatable bonds is 5. The van der Waals surface area contributed by atoms with Crippen molar-refractivity contribution in [1.82, 2.24) is 0 Å². The van der Waals surface area contributed by atoms with Crippen LogP contribution in [0.4, 0.5) is 0 Å². The van der Waals surface area contributed by atoms with Crippen LogP contribution in [0, 0.1) is 19.3 Å². The molecule has 1 aromatic rings. The summed E-state index contributed by atoms with van der Waals surface area (Å²) in [5.41, 5.74) is 8.41. The van der Waals surface area contributed by atoms with E-state index in [0.717, 1.165) is 18.8 Å². The van der Waals surface area contributed by atoms with E-state index in [1.54, 1.807) is 0 Å². The van der Waals surface area contributed by atoms with E-state index in [1.165, 1.54) is 11.1 Å². The Balaban J connectivity index is 2.46. The Bertz CT molecular complexity index is 345. The van der Waals surface area contributed by atoms with Crippen molar-refractivity contribution in [1.29, 1.82) is 0 Å². The molecule has 0 heterocycles. The molecule has 0 fully saturated rings. The average molecular weight is 221 g/mol. The Hall–Kier alpha value is -1.02. The molecule has 0 saturated heterocycles. The fourth-order valence-corrected chi connectivity index (χ4v) is 1.35. The van der Waals surface area contributed by atoms with Crippen molar-refractivity contribution >= 4 is 0 Å². The largest absolute Gasteiger partial charge is 0.494 e. The molecular weight excluding hydrogens is 198 g/mol. The molecule has 2 nitrogen and oxygen atoms in total. The third-order valence-corrected chi connectivity index (χ3v) is 3.08. The maximum absolute atomic E-state index is 5.72. The molecule has 0 bridgehead atoms. The van der Waals surface area contributed by atoms with Crippen LogP contribution in [0.15, 0.2) is 18.2 Å². The molecule has 1 rings (SSSR count). The van der Waals surface area contributed by atoms with E-state index in [0.29, 0.717) is 6.54 Å². The Morgan fingerprint density at radius 2 is 1.88 bits per heavy atom. The molecule has 2 N–H and O–H groups in total. The number of hydrogen-bond acceptors (Lipinski definition) is 2. The third kappa shape index (κ3) is 3.86. The molecule has 90 valence electrons. The fraction of sp³-hybridized carbons (Fsp3) is 0.571. The Morgan fingerprint density at radius 3 is 2.44 bits per heavy atom. The van der Waals surface area contributed by atoms with Gasteiger partial charge >= 0.3 is 0 Å². The summed E-state index contributed by atoms with van der Waals surface area (Å²) < 4.78 is 5.72. The van der Waals surface area contributed by atoms with Crippen molar-refractivity contribution in [3.05, 3.63) is 29.3 Å². The van der Waals surface area contributed by atoms with Crippen molar-refractivity contribution in [2.75, 3.05) is 13.2 Å². The molecule has 0 radical (unpaired) electrons. The predicted molar refractivity (Wildman–Crippen MR) is 68.9 cm³/mol. The van der Waals surface area contributed by atoms with E-state index in [1.807, 2.05) is 6.07 Å². The van der Waals surface area contributed by atoms with Gasteiger partial charge in [-0.15, -0.1) is 0 Å². The van der Waals surface area contributed by atoms with E-state index >= 15 is 0 Å². The van der Waals surface area contributed by atoms with Gasteiger partial charge in [0.05, 0.1) is 6.61 Å². The van der Waals surface area contributed by atoms with E-state index in [9.17, 15) is 0 Å². The summed E-state index contributed by atoms with van der Waals surface area (Å²) in [7, 11) is 0. The molecule has 0 atom stereocenters. The van der Waals surface area contributed by atoms with Crippen LogP contribution in [0.5, 0.6) is 5.75 Å². The highest BCUT2D eigenvalue weighted by atomic mass is 16.5. The van der Waals surface area contributed by atoms with Gasteiger partial charge in [-0.3, -0.25) is 0 Å². The summed E-state index contributed by atoms with van der Waals surface area (Å²) in [4.78, 5) is 0. The summed E-state index contributed by atoms with van der Waals surface area (Å²) in [5, 5.41) is 0. The molecular formula is C14H23NO. The molecule has 0 aliphatic heterocycles. The quantitative estimate of drug-likeness (QED) is 0.829. The van der Waals surface area contributed by atoms with E-state index in [4.69, 9.17) is 10.5 Å². The van der Waals surface area contributed by atoms with E-state index in [-0.39, 0.29) is 5.41 Å². The van der Waals surface area contributed by atoms with Crippen molar-refractivity contribution in [2.45, 2.75) is 34.1 Å². The molecule has 0 unspecified atom stereocenters. The van der Waals surface area contributed by atoms with Crippen LogP contribution >= 0.6 is 0 Å². The fourth-order valence-electron chi connectivity index (χ4n) is 1.35. The van der Waals surface area contributed by atoms with Crippen LogP contribution in [-0.4, -0.2) is 13.2 Å². The van der Waals surface area contributed by atoms with Crippen molar-refractivity contribution in [2.24, 2.45) is 11.1 Å². The van der Waals surface area contributed by atoms with Crippen molar-refractivity contribution < 1.29 is 4.74 Å². The van der Waals surface area contributed by atoms with Crippen LogP contribution in [0.25, 0.3) is 0 Å². The van der Waals surface area contributed by atoms with Gasteiger partial charge in [-0.25, -0.2) is 0 Å². The normalized spacial score (nSPS) is 11.6. The topological polar surface area (TPSA) is 35.2 Å². The highest BCUT2D eigenvalue weighted by Crippen LogP contribution is 2.20. The minimum absolute atomic E-state index is 0.166. The maximum Gasteiger partial charge on any atom is 0.119 e. The summed E-state index contributed by atoms with van der Waals surface area (Å²) in [6.45, 7) is 9.96. The van der Waals surface area contributed by atoms with Gasteiger partial charge in [0.1, 0.15) is 5.75 Å². The van der Waals surface area contributed by atoms with Crippen molar-refractivity contribution in [3.8, 4) is 5.75 Å². The molecule has 0 aromatic heterocycles.